The van der Waals surface area contributed by atoms with Gasteiger partial charge in [0.1, 0.15) is 5.82 Å². The van der Waals surface area contributed by atoms with Crippen LogP contribution in [0.3, 0.4) is 0 Å². The van der Waals surface area contributed by atoms with Gasteiger partial charge in [-0.25, -0.2) is 4.98 Å². The van der Waals surface area contributed by atoms with Crippen LogP contribution in [0.5, 0.6) is 0 Å². The number of nitrogens with zero attached hydrogens (tertiary/aromatic N) is 4. The minimum atomic E-state index is -0.320. The van der Waals surface area contributed by atoms with Crippen LogP contribution < -0.4 is 5.32 Å². The smallest absolute Gasteiger partial charge is 0.311 e. The van der Waals surface area contributed by atoms with E-state index in [9.17, 15) is 9.59 Å². The molecule has 0 aliphatic heterocycles. The zero-order valence-corrected chi connectivity index (χ0v) is 18.5. The third-order valence-corrected chi connectivity index (χ3v) is 6.57. The summed E-state index contributed by atoms with van der Waals surface area (Å²) in [5.74, 6) is 1.29. The summed E-state index contributed by atoms with van der Waals surface area (Å²) in [4.78, 5) is 28.1. The molecule has 8 nitrogen and oxygen atoms in total. The first-order valence-corrected chi connectivity index (χ1v) is 11.9. The molecule has 0 bridgehead atoms. The highest BCUT2D eigenvalue weighted by atomic mass is 32.2. The Morgan fingerprint density at radius 3 is 2.79 bits per heavy atom. The summed E-state index contributed by atoms with van der Waals surface area (Å²) < 4.78 is 7.04. The third kappa shape index (κ3) is 6.02. The molecular weight excluding hydrogens is 410 g/mol. The van der Waals surface area contributed by atoms with E-state index in [1.807, 2.05) is 0 Å². The van der Waals surface area contributed by atoms with Crippen LogP contribution in [0.4, 0.5) is 5.13 Å². The van der Waals surface area contributed by atoms with Gasteiger partial charge in [0, 0.05) is 17.8 Å². The molecule has 2 aromatic heterocycles. The molecule has 10 heteroatoms. The molecule has 1 aliphatic carbocycles. The van der Waals surface area contributed by atoms with Crippen molar-refractivity contribution in [3.05, 3.63) is 16.9 Å². The average Bonchev–Trinajstić information content (AvgIpc) is 3.33. The fourth-order valence-electron chi connectivity index (χ4n) is 3.46. The first kappa shape index (κ1) is 21.8. The number of amides is 1. The first-order valence-electron chi connectivity index (χ1n) is 10.1. The van der Waals surface area contributed by atoms with Crippen LogP contribution >= 0.6 is 23.1 Å². The lowest BCUT2D eigenvalue weighted by Gasteiger charge is -2.21. The summed E-state index contributed by atoms with van der Waals surface area (Å²) in [5.41, 5.74) is 0.597. The van der Waals surface area contributed by atoms with Gasteiger partial charge in [-0.05, 0) is 26.7 Å². The van der Waals surface area contributed by atoms with Gasteiger partial charge in [-0.3, -0.25) is 9.59 Å². The Kier molecular flexibility index (Phi) is 8.05. The maximum Gasteiger partial charge on any atom is 0.311 e. The maximum absolute atomic E-state index is 12.3. The molecule has 3 rings (SSSR count). The van der Waals surface area contributed by atoms with Gasteiger partial charge in [-0.15, -0.1) is 21.5 Å². The molecular formula is C19H27N5O3S2. The molecule has 0 aromatic carbocycles. The van der Waals surface area contributed by atoms with Gasteiger partial charge in [0.05, 0.1) is 24.5 Å². The Balaban J connectivity index is 1.52. The zero-order valence-electron chi connectivity index (χ0n) is 16.8. The normalized spacial score (nSPS) is 14.7. The van der Waals surface area contributed by atoms with Crippen molar-refractivity contribution >= 4 is 40.1 Å². The molecule has 2 aromatic rings. The van der Waals surface area contributed by atoms with Gasteiger partial charge in [-0.2, -0.15) is 0 Å². The molecule has 1 fully saturated rings. The van der Waals surface area contributed by atoms with E-state index in [1.165, 1.54) is 55.2 Å². The molecule has 158 valence electrons. The van der Waals surface area contributed by atoms with E-state index in [2.05, 4.69) is 32.0 Å². The van der Waals surface area contributed by atoms with Crippen molar-refractivity contribution in [2.45, 2.75) is 70.0 Å². The zero-order chi connectivity index (χ0) is 20.6. The van der Waals surface area contributed by atoms with Crippen molar-refractivity contribution in [2.24, 2.45) is 0 Å². The Morgan fingerprint density at radius 2 is 2.07 bits per heavy atom. The molecule has 2 heterocycles. The van der Waals surface area contributed by atoms with Crippen molar-refractivity contribution in [3.63, 3.8) is 0 Å². The standard InChI is InChI=1S/C19H27N5O3S2/c1-3-24-17(13-8-6-5-7-9-13)22-23-19(24)29-12-15(25)21-18-20-14(11-28-18)10-16(26)27-4-2/h11,13H,3-10,12H2,1-2H3,(H,20,21,25). The maximum atomic E-state index is 12.3. The van der Waals surface area contributed by atoms with E-state index in [4.69, 9.17) is 4.74 Å². The number of carbonyl (C=O) groups is 2. The minimum absolute atomic E-state index is 0.110. The summed E-state index contributed by atoms with van der Waals surface area (Å²) in [6.45, 7) is 4.99. The second kappa shape index (κ2) is 10.7. The molecule has 1 aliphatic rings. The van der Waals surface area contributed by atoms with E-state index in [0.717, 1.165) is 17.5 Å². The van der Waals surface area contributed by atoms with Crippen LogP contribution in [-0.4, -0.2) is 44.0 Å². The highest BCUT2D eigenvalue weighted by molar-refractivity contribution is 7.99. The van der Waals surface area contributed by atoms with E-state index in [0.29, 0.717) is 23.4 Å². The van der Waals surface area contributed by atoms with Crippen molar-refractivity contribution in [1.29, 1.82) is 0 Å². The summed E-state index contributed by atoms with van der Waals surface area (Å²) in [6.07, 6.45) is 6.24. The van der Waals surface area contributed by atoms with Gasteiger partial charge >= 0.3 is 5.97 Å². The predicted octanol–water partition coefficient (Wildman–Crippen LogP) is 3.64. The van der Waals surface area contributed by atoms with E-state index in [1.54, 1.807) is 12.3 Å². The highest BCUT2D eigenvalue weighted by Crippen LogP contribution is 2.33. The van der Waals surface area contributed by atoms with Crippen LogP contribution in [-0.2, 0) is 27.3 Å². The Bertz CT molecular complexity index is 830. The first-order chi connectivity index (χ1) is 14.1. The monoisotopic (exact) mass is 437 g/mol. The van der Waals surface area contributed by atoms with Crippen LogP contribution in [0.2, 0.25) is 0 Å². The van der Waals surface area contributed by atoms with E-state index >= 15 is 0 Å². The summed E-state index contributed by atoms with van der Waals surface area (Å²) >= 11 is 2.68. The number of hydrogen-bond donors (Lipinski definition) is 1. The van der Waals surface area contributed by atoms with Gasteiger partial charge in [0.15, 0.2) is 10.3 Å². The number of rotatable bonds is 9. The Labute approximate surface area is 178 Å². The second-order valence-electron chi connectivity index (χ2n) is 6.88. The topological polar surface area (TPSA) is 99.0 Å². The number of aromatic nitrogens is 4. The number of ether oxygens (including phenoxy) is 1. The Hall–Kier alpha value is -1.94. The third-order valence-electron chi connectivity index (χ3n) is 4.79. The quantitative estimate of drug-likeness (QED) is 0.472. The van der Waals surface area contributed by atoms with Crippen molar-refractivity contribution < 1.29 is 14.3 Å². The van der Waals surface area contributed by atoms with E-state index < -0.39 is 0 Å². The van der Waals surface area contributed by atoms with Crippen molar-refractivity contribution in [2.75, 3.05) is 17.7 Å². The lowest BCUT2D eigenvalue weighted by molar-refractivity contribution is -0.142. The minimum Gasteiger partial charge on any atom is -0.466 e. The number of esters is 1. The van der Waals surface area contributed by atoms with Gasteiger partial charge < -0.3 is 14.6 Å². The average molecular weight is 438 g/mol. The Morgan fingerprint density at radius 1 is 1.28 bits per heavy atom. The summed E-state index contributed by atoms with van der Waals surface area (Å²) in [5, 5.41) is 14.6. The number of thiazole rings is 1. The molecule has 29 heavy (non-hydrogen) atoms. The molecule has 0 radical (unpaired) electrons. The molecule has 0 atom stereocenters. The molecule has 1 N–H and O–H groups in total. The number of anilines is 1. The molecule has 0 saturated heterocycles. The number of hydrogen-bond acceptors (Lipinski definition) is 8. The van der Waals surface area contributed by atoms with E-state index in [-0.39, 0.29) is 24.1 Å². The second-order valence-corrected chi connectivity index (χ2v) is 8.68. The molecule has 0 spiro atoms. The lowest BCUT2D eigenvalue weighted by atomic mass is 9.89. The van der Waals surface area contributed by atoms with Crippen LogP contribution in [0.25, 0.3) is 0 Å². The van der Waals surface area contributed by atoms with Gasteiger partial charge in [0.25, 0.3) is 0 Å². The molecule has 1 saturated carbocycles. The van der Waals surface area contributed by atoms with Crippen molar-refractivity contribution in [1.82, 2.24) is 19.7 Å². The van der Waals surface area contributed by atoms with Gasteiger partial charge in [0.2, 0.25) is 5.91 Å². The van der Waals surface area contributed by atoms with Crippen molar-refractivity contribution in [3.8, 4) is 0 Å². The summed E-state index contributed by atoms with van der Waals surface area (Å²) in [7, 11) is 0. The predicted molar refractivity (Wildman–Crippen MR) is 113 cm³/mol. The molecule has 0 unspecified atom stereocenters. The van der Waals surface area contributed by atoms with Crippen LogP contribution in [0.1, 0.15) is 63.4 Å². The van der Waals surface area contributed by atoms with Crippen LogP contribution in [0, 0.1) is 0 Å². The molecule has 1 amide bonds. The lowest BCUT2D eigenvalue weighted by Crippen LogP contribution is -2.15. The number of nitrogens with one attached hydrogen (secondary N) is 1. The largest absolute Gasteiger partial charge is 0.466 e. The summed E-state index contributed by atoms with van der Waals surface area (Å²) in [6, 6.07) is 0. The SMILES string of the molecule is CCOC(=O)Cc1csc(NC(=O)CSc2nnc(C3CCCCC3)n2CC)n1. The number of carbonyl (C=O) groups excluding carboxylic acids is 2. The van der Waals surface area contributed by atoms with Gasteiger partial charge in [-0.1, -0.05) is 31.0 Å². The highest BCUT2D eigenvalue weighted by Gasteiger charge is 2.23. The fraction of sp³-hybridized carbons (Fsp3) is 0.632. The number of thioether (sulfide) groups is 1. The fourth-order valence-corrected chi connectivity index (χ4v) is 4.99. The van der Waals surface area contributed by atoms with Crippen LogP contribution in [0.15, 0.2) is 10.5 Å².